The van der Waals surface area contributed by atoms with Gasteiger partial charge in [-0.15, -0.1) is 0 Å². The summed E-state index contributed by atoms with van der Waals surface area (Å²) in [6.45, 7) is 18.4. The standard InChI is InChI=1S/C24H36O5.C20H36O7P2/c1-5-15(3)24(27)29-21-11-14(2)10-17-7-6-16(4)20(23(17)21)9-8-19-12-18(25)13-22(26)28-19;1-17(2)9-6-10-18(3)11-7-12-19(4)13-8-14-20(5)15-16-26-29(24,25)27-28(21,22)23/h6-7,10,14-16,18-21,23,25H,5,8-9,11-13H2,1-4H3;9,11,13,15H,6-8,10,12,14,16H2,1-5H3,(H,24,25)(H2,21,22,23)/b;18-11+,19-13+,20-15+/t14-,15-,16-,18+,19+,20-,21-,23-;/m0./s1. The average Bonchev–Trinajstić information content (AvgIpc) is 3.09. The van der Waals surface area contributed by atoms with E-state index in [0.717, 1.165) is 69.8 Å². The van der Waals surface area contributed by atoms with Crippen molar-refractivity contribution in [2.75, 3.05) is 6.61 Å². The molecule has 12 nitrogen and oxygen atoms in total. The Morgan fingerprint density at radius 2 is 1.50 bits per heavy atom. The van der Waals surface area contributed by atoms with Gasteiger partial charge >= 0.3 is 27.6 Å². The number of aliphatic hydroxyl groups excluding tert-OH is 1. The summed E-state index contributed by atoms with van der Waals surface area (Å²) in [7, 11) is -9.85. The van der Waals surface area contributed by atoms with E-state index >= 15 is 0 Å². The topological polar surface area (TPSA) is 186 Å². The first-order chi connectivity index (χ1) is 27.1. The van der Waals surface area contributed by atoms with Crippen LogP contribution < -0.4 is 0 Å². The Morgan fingerprint density at radius 3 is 2.05 bits per heavy atom. The van der Waals surface area contributed by atoms with Gasteiger partial charge in [0.05, 0.1) is 25.0 Å². The van der Waals surface area contributed by atoms with Crippen molar-refractivity contribution in [1.82, 2.24) is 0 Å². The van der Waals surface area contributed by atoms with Crippen molar-refractivity contribution in [3.05, 3.63) is 70.4 Å². The lowest BCUT2D eigenvalue weighted by atomic mass is 9.65. The summed E-state index contributed by atoms with van der Waals surface area (Å²) in [4.78, 5) is 50.4. The third-order valence-corrected chi connectivity index (χ3v) is 13.1. The third kappa shape index (κ3) is 20.7. The van der Waals surface area contributed by atoms with Gasteiger partial charge in [0, 0.05) is 12.3 Å². The van der Waals surface area contributed by atoms with Crippen molar-refractivity contribution in [3.8, 4) is 0 Å². The zero-order valence-electron chi connectivity index (χ0n) is 36.3. The summed E-state index contributed by atoms with van der Waals surface area (Å²) in [5.74, 6) is 0.755. The Kier molecular flexibility index (Phi) is 22.7. The number of carbonyl (C=O) groups excluding carboxylic acids is 2. The van der Waals surface area contributed by atoms with E-state index < -0.39 is 21.7 Å². The zero-order chi connectivity index (χ0) is 43.6. The molecule has 1 saturated heterocycles. The van der Waals surface area contributed by atoms with Crippen LogP contribution in [0.4, 0.5) is 0 Å². The van der Waals surface area contributed by atoms with Crippen molar-refractivity contribution >= 4 is 27.6 Å². The van der Waals surface area contributed by atoms with E-state index in [2.05, 4.69) is 86.8 Å². The molecular weight excluding hydrogens is 782 g/mol. The number of hydrogen-bond donors (Lipinski definition) is 4. The fourth-order valence-electron chi connectivity index (χ4n) is 7.49. The molecule has 0 aromatic heterocycles. The molecule has 0 saturated carbocycles. The minimum absolute atomic E-state index is 0.0854. The molecule has 4 N–H and O–H groups in total. The number of hydrogen-bond acceptors (Lipinski definition) is 9. The maximum absolute atomic E-state index is 12.5. The Balaban J connectivity index is 0.000000400. The van der Waals surface area contributed by atoms with E-state index in [1.54, 1.807) is 6.08 Å². The lowest BCUT2D eigenvalue weighted by molar-refractivity contribution is -0.162. The molecule has 0 aromatic rings. The van der Waals surface area contributed by atoms with Gasteiger partial charge in [-0.3, -0.25) is 14.1 Å². The number of phosphoric acid groups is 2. The monoisotopic (exact) mass is 854 g/mol. The van der Waals surface area contributed by atoms with Crippen molar-refractivity contribution in [2.45, 2.75) is 158 Å². The van der Waals surface area contributed by atoms with Gasteiger partial charge in [0.1, 0.15) is 12.2 Å². The molecule has 58 heavy (non-hydrogen) atoms. The number of allylic oxidation sites excluding steroid dienone is 10. The molecule has 0 amide bonds. The molecule has 2 aliphatic carbocycles. The van der Waals surface area contributed by atoms with Crippen molar-refractivity contribution in [1.29, 1.82) is 0 Å². The summed E-state index contributed by atoms with van der Waals surface area (Å²) < 4.78 is 41.6. The summed E-state index contributed by atoms with van der Waals surface area (Å²) in [5.41, 5.74) is 6.30. The van der Waals surface area contributed by atoms with E-state index in [1.165, 1.54) is 22.3 Å². The largest absolute Gasteiger partial charge is 0.481 e. The van der Waals surface area contributed by atoms with Gasteiger partial charge in [0.15, 0.2) is 0 Å². The summed E-state index contributed by atoms with van der Waals surface area (Å²) >= 11 is 0. The number of ether oxygens (including phenoxy) is 2. The fourth-order valence-corrected chi connectivity index (χ4v) is 9.02. The van der Waals surface area contributed by atoms with Gasteiger partial charge < -0.3 is 29.3 Å². The van der Waals surface area contributed by atoms with Crippen LogP contribution in [0, 0.1) is 29.6 Å². The Morgan fingerprint density at radius 1 is 0.914 bits per heavy atom. The number of rotatable bonds is 20. The third-order valence-electron chi connectivity index (χ3n) is 11.0. The van der Waals surface area contributed by atoms with Gasteiger partial charge in [0.2, 0.25) is 0 Å². The van der Waals surface area contributed by atoms with E-state index in [-0.39, 0.29) is 49.0 Å². The number of cyclic esters (lactones) is 1. The molecule has 0 spiro atoms. The number of fused-ring (bicyclic) bond motifs is 1. The smallest absolute Gasteiger partial charge is 0.462 e. The van der Waals surface area contributed by atoms with Crippen LogP contribution in [0.25, 0.3) is 0 Å². The van der Waals surface area contributed by atoms with Gasteiger partial charge in [0.25, 0.3) is 0 Å². The molecular formula is C44H72O12P2. The predicted molar refractivity (Wildman–Crippen MR) is 228 cm³/mol. The Labute approximate surface area is 347 Å². The highest BCUT2D eigenvalue weighted by atomic mass is 31.3. The molecule has 1 fully saturated rings. The molecule has 0 bridgehead atoms. The van der Waals surface area contributed by atoms with Crippen LogP contribution in [0.15, 0.2) is 70.4 Å². The molecule has 1 unspecified atom stereocenters. The fraction of sp³-hybridized carbons (Fsp3) is 0.682. The summed E-state index contributed by atoms with van der Waals surface area (Å²) in [5, 5.41) is 9.89. The minimum Gasteiger partial charge on any atom is -0.462 e. The highest BCUT2D eigenvalue weighted by Crippen LogP contribution is 2.57. The summed E-state index contributed by atoms with van der Waals surface area (Å²) in [6.07, 6.45) is 23.8. The first kappa shape index (κ1) is 51.7. The number of aliphatic hydroxyl groups is 1. The first-order valence-electron chi connectivity index (χ1n) is 20.9. The van der Waals surface area contributed by atoms with Crippen molar-refractivity contribution in [2.24, 2.45) is 29.6 Å². The van der Waals surface area contributed by atoms with E-state index in [4.69, 9.17) is 19.3 Å². The Hall–Kier alpha value is -2.40. The molecule has 1 heterocycles. The van der Waals surface area contributed by atoms with Crippen LogP contribution in [-0.2, 0) is 37.0 Å². The van der Waals surface area contributed by atoms with Crippen molar-refractivity contribution < 1.29 is 56.8 Å². The quantitative estimate of drug-likeness (QED) is 0.0517. The van der Waals surface area contributed by atoms with Gasteiger partial charge in [-0.05, 0) is 122 Å². The van der Waals surface area contributed by atoms with Gasteiger partial charge in [-0.1, -0.05) is 92.5 Å². The highest BCUT2D eigenvalue weighted by Gasteiger charge is 2.42. The lowest BCUT2D eigenvalue weighted by Gasteiger charge is -2.43. The zero-order valence-corrected chi connectivity index (χ0v) is 38.1. The second kappa shape index (κ2) is 25.4. The lowest BCUT2D eigenvalue weighted by Crippen LogP contribution is -2.42. The first-order valence-corrected chi connectivity index (χ1v) is 23.9. The van der Waals surface area contributed by atoms with E-state index in [0.29, 0.717) is 24.2 Å². The van der Waals surface area contributed by atoms with E-state index in [1.807, 2.05) is 20.8 Å². The molecule has 0 radical (unpaired) electrons. The Bertz CT molecular complexity index is 1610. The van der Waals surface area contributed by atoms with Crippen molar-refractivity contribution in [3.63, 3.8) is 0 Å². The molecule has 0 aromatic carbocycles. The normalized spacial score (nSPS) is 26.9. The molecule has 330 valence electrons. The number of phosphoric ester groups is 1. The minimum atomic E-state index is -5.08. The molecule has 3 rings (SSSR count). The van der Waals surface area contributed by atoms with Crippen LogP contribution >= 0.6 is 15.6 Å². The SMILES string of the molecule is CC(C)=CCC/C(C)=C/CC/C(C)=C/CC/C(C)=C/COP(=O)(O)OP(=O)(O)O.CC[C@H](C)C(=O)O[C@H]1C[C@@H](C)C=C2C=C[C@H](C)[C@H](CC[C@@H]3C[C@@H](O)CC(=O)O3)[C@H]21. The predicted octanol–water partition coefficient (Wildman–Crippen LogP) is 10.6. The molecule has 3 aliphatic rings. The second-order valence-electron chi connectivity index (χ2n) is 16.7. The van der Waals surface area contributed by atoms with Gasteiger partial charge in [-0.2, -0.15) is 4.31 Å². The number of carbonyl (C=O) groups is 2. The van der Waals surface area contributed by atoms with Crippen LogP contribution in [0.5, 0.6) is 0 Å². The second-order valence-corrected chi connectivity index (χ2v) is 19.6. The number of esters is 2. The molecule has 1 aliphatic heterocycles. The molecule has 14 heteroatoms. The maximum Gasteiger partial charge on any atom is 0.481 e. The highest BCUT2D eigenvalue weighted by molar-refractivity contribution is 7.60. The van der Waals surface area contributed by atoms with Crippen LogP contribution in [-0.4, -0.2) is 56.6 Å². The van der Waals surface area contributed by atoms with Crippen LogP contribution in [0.1, 0.15) is 139 Å². The van der Waals surface area contributed by atoms with E-state index in [9.17, 15) is 28.7 Å². The maximum atomic E-state index is 12.5. The average molecular weight is 855 g/mol. The van der Waals surface area contributed by atoms with Crippen LogP contribution in [0.3, 0.4) is 0 Å². The van der Waals surface area contributed by atoms with Crippen LogP contribution in [0.2, 0.25) is 0 Å². The summed E-state index contributed by atoms with van der Waals surface area (Å²) in [6, 6.07) is 0. The molecule has 9 atom stereocenters. The van der Waals surface area contributed by atoms with Gasteiger partial charge in [-0.25, -0.2) is 9.13 Å².